The number of rotatable bonds is 6. The molecule has 1 aliphatic rings. The lowest BCUT2D eigenvalue weighted by Gasteiger charge is -2.13. The van der Waals surface area contributed by atoms with Crippen LogP contribution in [0.2, 0.25) is 5.02 Å². The van der Waals surface area contributed by atoms with Crippen molar-refractivity contribution in [2.24, 2.45) is 4.99 Å². The van der Waals surface area contributed by atoms with Crippen molar-refractivity contribution in [1.29, 1.82) is 0 Å². The fraction of sp³-hybridized carbons (Fsp3) is 0.100. The van der Waals surface area contributed by atoms with Gasteiger partial charge < -0.3 is 9.47 Å². The summed E-state index contributed by atoms with van der Waals surface area (Å²) in [6.45, 7) is 0.357. The summed E-state index contributed by atoms with van der Waals surface area (Å²) in [6.07, 6.45) is 1.86. The number of benzene rings is 4. The molecule has 6 nitrogen and oxygen atoms in total. The first-order chi connectivity index (χ1) is 18.4. The van der Waals surface area contributed by atoms with Crippen LogP contribution in [0.3, 0.4) is 0 Å². The van der Waals surface area contributed by atoms with Gasteiger partial charge in [-0.15, -0.1) is 0 Å². The first-order valence-electron chi connectivity index (χ1n) is 11.8. The van der Waals surface area contributed by atoms with Gasteiger partial charge in [-0.3, -0.25) is 9.69 Å². The van der Waals surface area contributed by atoms with Crippen molar-refractivity contribution in [3.8, 4) is 5.75 Å². The van der Waals surface area contributed by atoms with E-state index in [-0.39, 0.29) is 5.91 Å². The highest BCUT2D eigenvalue weighted by Gasteiger charge is 2.31. The number of likely N-dealkylation sites (N-methyl/N-ethyl adjacent to an activating group) is 1. The van der Waals surface area contributed by atoms with Crippen molar-refractivity contribution in [1.82, 2.24) is 4.90 Å². The number of aliphatic imine (C=N–C) groups is 1. The minimum absolute atomic E-state index is 0.172. The molecular weight excluding hydrogens is 520 g/mol. The summed E-state index contributed by atoms with van der Waals surface area (Å²) in [4.78, 5) is 31.8. The Morgan fingerprint density at radius 2 is 1.82 bits per heavy atom. The lowest BCUT2D eigenvalue weighted by molar-refractivity contribution is -0.121. The zero-order valence-corrected chi connectivity index (χ0v) is 22.3. The van der Waals surface area contributed by atoms with Crippen molar-refractivity contribution in [2.75, 3.05) is 14.2 Å². The number of fused-ring (bicyclic) bond motifs is 1. The number of amides is 1. The highest BCUT2D eigenvalue weighted by atomic mass is 35.5. The van der Waals surface area contributed by atoms with Gasteiger partial charge in [-0.2, -0.15) is 0 Å². The van der Waals surface area contributed by atoms with E-state index in [4.69, 9.17) is 21.1 Å². The van der Waals surface area contributed by atoms with Gasteiger partial charge in [0.2, 0.25) is 0 Å². The minimum Gasteiger partial charge on any atom is -0.488 e. The number of esters is 1. The van der Waals surface area contributed by atoms with Crippen LogP contribution >= 0.6 is 23.4 Å². The van der Waals surface area contributed by atoms with Gasteiger partial charge in [0.15, 0.2) is 5.17 Å². The quantitative estimate of drug-likeness (QED) is 0.192. The van der Waals surface area contributed by atoms with Crippen molar-refractivity contribution in [2.45, 2.75) is 6.61 Å². The van der Waals surface area contributed by atoms with Crippen LogP contribution in [0.1, 0.15) is 21.5 Å². The van der Waals surface area contributed by atoms with Crippen LogP contribution in [0.4, 0.5) is 5.69 Å². The van der Waals surface area contributed by atoms with Gasteiger partial charge in [0.25, 0.3) is 5.91 Å². The third kappa shape index (κ3) is 5.44. The molecule has 8 heteroatoms. The normalized spacial score (nSPS) is 15.4. The Hall–Kier alpha value is -4.07. The van der Waals surface area contributed by atoms with Gasteiger partial charge in [-0.1, -0.05) is 60.1 Å². The fourth-order valence-corrected chi connectivity index (χ4v) is 5.10. The van der Waals surface area contributed by atoms with Gasteiger partial charge in [0.05, 0.1) is 23.3 Å². The van der Waals surface area contributed by atoms with Crippen LogP contribution in [0.25, 0.3) is 16.8 Å². The van der Waals surface area contributed by atoms with Crippen molar-refractivity contribution in [3.63, 3.8) is 0 Å². The predicted octanol–water partition coefficient (Wildman–Crippen LogP) is 7.09. The number of halogens is 1. The lowest BCUT2D eigenvalue weighted by atomic mass is 10.0. The zero-order valence-electron chi connectivity index (χ0n) is 20.7. The number of amidine groups is 1. The van der Waals surface area contributed by atoms with Crippen LogP contribution in [0, 0.1) is 0 Å². The summed E-state index contributed by atoms with van der Waals surface area (Å²) in [7, 11) is 3.01. The van der Waals surface area contributed by atoms with Crippen LogP contribution < -0.4 is 4.74 Å². The molecule has 1 amide bonds. The lowest BCUT2D eigenvalue weighted by Crippen LogP contribution is -2.23. The number of hydrogen-bond donors (Lipinski definition) is 0. The van der Waals surface area contributed by atoms with E-state index < -0.39 is 5.97 Å². The van der Waals surface area contributed by atoms with Crippen LogP contribution in [-0.4, -0.2) is 36.1 Å². The molecule has 0 spiro atoms. The van der Waals surface area contributed by atoms with Crippen molar-refractivity contribution < 1.29 is 19.1 Å². The third-order valence-corrected chi connectivity index (χ3v) is 7.32. The molecule has 38 heavy (non-hydrogen) atoms. The summed E-state index contributed by atoms with van der Waals surface area (Å²) >= 11 is 7.29. The number of carbonyl (C=O) groups excluding carboxylic acids is 2. The Kier molecular flexibility index (Phi) is 7.49. The molecule has 4 aromatic rings. The zero-order chi connectivity index (χ0) is 26.6. The average molecular weight is 543 g/mol. The largest absolute Gasteiger partial charge is 0.488 e. The molecule has 5 rings (SSSR count). The van der Waals surface area contributed by atoms with Crippen LogP contribution in [-0.2, 0) is 16.1 Å². The van der Waals surface area contributed by atoms with E-state index in [1.165, 1.54) is 23.8 Å². The molecule has 0 bridgehead atoms. The number of methoxy groups -OCH3 is 1. The highest BCUT2D eigenvalue weighted by Crippen LogP contribution is 2.37. The Morgan fingerprint density at radius 1 is 1.03 bits per heavy atom. The second kappa shape index (κ2) is 11.1. The summed E-state index contributed by atoms with van der Waals surface area (Å²) in [6, 6.07) is 26.2. The van der Waals surface area contributed by atoms with E-state index >= 15 is 0 Å². The molecule has 0 N–H and O–H groups in total. The van der Waals surface area contributed by atoms with E-state index in [1.54, 1.807) is 31.3 Å². The van der Waals surface area contributed by atoms with Gasteiger partial charge in [-0.05, 0) is 70.6 Å². The molecule has 190 valence electrons. The third-order valence-electron chi connectivity index (χ3n) is 6.01. The van der Waals surface area contributed by atoms with Gasteiger partial charge in [0.1, 0.15) is 12.4 Å². The Balaban J connectivity index is 1.49. The molecule has 4 aromatic carbocycles. The van der Waals surface area contributed by atoms with Gasteiger partial charge in [0, 0.05) is 17.6 Å². The molecule has 1 saturated heterocycles. The summed E-state index contributed by atoms with van der Waals surface area (Å²) < 4.78 is 11.0. The Morgan fingerprint density at radius 3 is 2.61 bits per heavy atom. The Labute approximate surface area is 229 Å². The summed E-state index contributed by atoms with van der Waals surface area (Å²) in [5.74, 6) is 0.0473. The second-order valence-electron chi connectivity index (χ2n) is 8.52. The van der Waals surface area contributed by atoms with E-state index in [2.05, 4.69) is 4.99 Å². The number of hydrogen-bond acceptors (Lipinski definition) is 6. The molecule has 0 aromatic heterocycles. The maximum atomic E-state index is 13.2. The van der Waals surface area contributed by atoms with E-state index in [0.29, 0.717) is 38.7 Å². The maximum Gasteiger partial charge on any atom is 0.337 e. The molecule has 1 fully saturated rings. The van der Waals surface area contributed by atoms with Crippen molar-refractivity contribution >= 4 is 62.9 Å². The summed E-state index contributed by atoms with van der Waals surface area (Å²) in [5.41, 5.74) is 2.74. The molecule has 0 saturated carbocycles. The number of ether oxygens (including phenoxy) is 2. The van der Waals surface area contributed by atoms with E-state index in [1.807, 2.05) is 66.7 Å². The second-order valence-corrected chi connectivity index (χ2v) is 9.97. The number of carbonyl (C=O) groups is 2. The van der Waals surface area contributed by atoms with E-state index in [0.717, 1.165) is 21.9 Å². The Bertz CT molecular complexity index is 1600. The SMILES string of the molecule is COC(=O)c1cccc(N=C2SC(=Cc3c(OCc4ccc(Cl)cc4)ccc4ccccc34)C(=O)N2C)c1. The van der Waals surface area contributed by atoms with Crippen molar-refractivity contribution in [3.05, 3.63) is 112 Å². The molecule has 0 radical (unpaired) electrons. The van der Waals surface area contributed by atoms with Gasteiger partial charge in [-0.25, -0.2) is 9.79 Å². The minimum atomic E-state index is -0.446. The molecule has 0 unspecified atom stereocenters. The molecular formula is C30H23ClN2O4S. The van der Waals surface area contributed by atoms with Crippen LogP contribution in [0.5, 0.6) is 5.75 Å². The predicted molar refractivity (Wildman–Crippen MR) is 153 cm³/mol. The number of thioether (sulfide) groups is 1. The highest BCUT2D eigenvalue weighted by molar-refractivity contribution is 8.18. The van der Waals surface area contributed by atoms with Crippen LogP contribution in [0.15, 0.2) is 94.8 Å². The standard InChI is InChI=1S/C30H23ClN2O4S/c1-33-28(34)27(38-30(33)32-23-8-5-7-21(16-23)29(35)36-2)17-25-24-9-4-3-6-20(24)12-15-26(25)37-18-19-10-13-22(31)14-11-19/h3-17H,18H2,1-2H3. The first-order valence-corrected chi connectivity index (χ1v) is 13.0. The molecule has 0 aliphatic carbocycles. The smallest absolute Gasteiger partial charge is 0.337 e. The molecule has 1 heterocycles. The van der Waals surface area contributed by atoms with E-state index in [9.17, 15) is 9.59 Å². The monoisotopic (exact) mass is 542 g/mol. The average Bonchev–Trinajstić information content (AvgIpc) is 3.20. The molecule has 1 aliphatic heterocycles. The molecule has 0 atom stereocenters. The van der Waals surface area contributed by atoms with Gasteiger partial charge >= 0.3 is 5.97 Å². The topological polar surface area (TPSA) is 68.2 Å². The number of nitrogens with zero attached hydrogens (tertiary/aromatic N) is 2. The maximum absolute atomic E-state index is 13.2. The summed E-state index contributed by atoms with van der Waals surface area (Å²) in [5, 5.41) is 3.18. The first kappa shape index (κ1) is 25.6. The fourth-order valence-electron chi connectivity index (χ4n) is 4.01.